The van der Waals surface area contributed by atoms with E-state index in [-0.39, 0.29) is 18.6 Å². The van der Waals surface area contributed by atoms with Gasteiger partial charge in [0.1, 0.15) is 0 Å². The van der Waals surface area contributed by atoms with Gasteiger partial charge in [-0.2, -0.15) is 0 Å². The van der Waals surface area contributed by atoms with E-state index in [1.165, 1.54) is 0 Å². The Bertz CT molecular complexity index is 223. The molecule has 3 heteroatoms. The van der Waals surface area contributed by atoms with Gasteiger partial charge in [-0.3, -0.25) is 4.79 Å². The highest BCUT2D eigenvalue weighted by atomic mass is 16.3. The van der Waals surface area contributed by atoms with Crippen molar-refractivity contribution in [3.05, 3.63) is 0 Å². The lowest BCUT2D eigenvalue weighted by Crippen LogP contribution is -2.37. The molecule has 0 aromatic heterocycles. The topological polar surface area (TPSA) is 40.5 Å². The zero-order chi connectivity index (χ0) is 12.5. The Morgan fingerprint density at radius 1 is 1.44 bits per heavy atom. The van der Waals surface area contributed by atoms with E-state index in [4.69, 9.17) is 6.48 Å². The fourth-order valence-electron chi connectivity index (χ4n) is 2.30. The van der Waals surface area contributed by atoms with Crippen LogP contribution in [0.3, 0.4) is 0 Å². The summed E-state index contributed by atoms with van der Waals surface area (Å²) in [4.78, 5) is 13.7. The van der Waals surface area contributed by atoms with E-state index < -0.39 is 0 Å². The minimum atomic E-state index is 0.0748. The number of hydrogen-bond acceptors (Lipinski definition) is 2. The molecule has 1 amide bonds. The highest BCUT2D eigenvalue weighted by Crippen LogP contribution is 2.18. The first-order valence-electron chi connectivity index (χ1n) is 7.20. The van der Waals surface area contributed by atoms with Crippen LogP contribution in [0.25, 0.3) is 0 Å². The number of likely N-dealkylation sites (tertiary alicyclic amines) is 1. The molecule has 0 unspecified atom stereocenters. The summed E-state index contributed by atoms with van der Waals surface area (Å²) in [6.07, 6.45) is 7.86. The Morgan fingerprint density at radius 2 is 2.25 bits per heavy atom. The number of carbonyl (C=O) groups is 1. The normalized spacial score (nSPS) is 21.2. The summed E-state index contributed by atoms with van der Waals surface area (Å²) in [5.74, 6) is 0.210. The van der Waals surface area contributed by atoms with Gasteiger partial charge in [-0.05, 0) is 19.3 Å². The zero-order valence-corrected chi connectivity index (χ0v) is 10.2. The SMILES string of the molecule is [2H]CCCCCCCC(=O)N1CCC[C@H]1CO. The second kappa shape index (κ2) is 7.66. The molecule has 0 bridgehead atoms. The van der Waals surface area contributed by atoms with Crippen LogP contribution in [-0.2, 0) is 4.79 Å². The van der Waals surface area contributed by atoms with Crippen LogP contribution < -0.4 is 0 Å². The van der Waals surface area contributed by atoms with Gasteiger partial charge in [-0.25, -0.2) is 0 Å². The largest absolute Gasteiger partial charge is 0.394 e. The van der Waals surface area contributed by atoms with Gasteiger partial charge in [-0.1, -0.05) is 32.6 Å². The van der Waals surface area contributed by atoms with Crippen LogP contribution in [0, 0.1) is 0 Å². The Morgan fingerprint density at radius 3 is 3.00 bits per heavy atom. The van der Waals surface area contributed by atoms with E-state index >= 15 is 0 Å². The lowest BCUT2D eigenvalue weighted by atomic mass is 10.1. The van der Waals surface area contributed by atoms with E-state index in [0.29, 0.717) is 13.3 Å². The van der Waals surface area contributed by atoms with E-state index in [9.17, 15) is 4.79 Å². The van der Waals surface area contributed by atoms with Crippen LogP contribution in [-0.4, -0.2) is 35.1 Å². The first-order chi connectivity index (χ1) is 8.29. The summed E-state index contributed by atoms with van der Waals surface area (Å²) in [7, 11) is 0. The van der Waals surface area contributed by atoms with Crippen molar-refractivity contribution >= 4 is 5.91 Å². The average Bonchev–Trinajstić information content (AvgIpc) is 2.81. The molecule has 1 N–H and O–H groups in total. The van der Waals surface area contributed by atoms with Gasteiger partial charge in [0.05, 0.1) is 12.6 Å². The maximum Gasteiger partial charge on any atom is 0.222 e. The van der Waals surface area contributed by atoms with Crippen LogP contribution in [0.1, 0.15) is 59.6 Å². The second-order valence-electron chi connectivity index (χ2n) is 4.58. The summed E-state index contributed by atoms with van der Waals surface area (Å²) in [5, 5.41) is 9.14. The fraction of sp³-hybridized carbons (Fsp3) is 0.923. The van der Waals surface area contributed by atoms with Gasteiger partial charge >= 0.3 is 0 Å². The molecular weight excluding hydrogens is 202 g/mol. The predicted octanol–water partition coefficient (Wildman–Crippen LogP) is 2.33. The van der Waals surface area contributed by atoms with Crippen molar-refractivity contribution in [2.24, 2.45) is 0 Å². The zero-order valence-electron chi connectivity index (χ0n) is 11.2. The number of rotatable bonds is 7. The van der Waals surface area contributed by atoms with Crippen LogP contribution in [0.15, 0.2) is 0 Å². The molecule has 1 heterocycles. The number of nitrogens with zero attached hydrogens (tertiary/aromatic N) is 1. The molecule has 3 nitrogen and oxygen atoms in total. The summed E-state index contributed by atoms with van der Waals surface area (Å²) in [5.41, 5.74) is 0. The minimum Gasteiger partial charge on any atom is -0.394 e. The van der Waals surface area contributed by atoms with Crippen LogP contribution in [0.2, 0.25) is 0 Å². The van der Waals surface area contributed by atoms with E-state index in [1.54, 1.807) is 0 Å². The second-order valence-corrected chi connectivity index (χ2v) is 4.58. The van der Waals surface area contributed by atoms with Gasteiger partial charge < -0.3 is 10.0 Å². The highest BCUT2D eigenvalue weighted by Gasteiger charge is 2.27. The molecule has 0 radical (unpaired) electrons. The standard InChI is InChI=1S/C13H25NO2/c1-2-3-4-5-6-9-13(16)14-10-7-8-12(14)11-15/h12,15H,2-11H2,1H3/t12-/m0/s1/i1D. The number of amides is 1. The van der Waals surface area contributed by atoms with Crippen LogP contribution in [0.5, 0.6) is 0 Å². The van der Waals surface area contributed by atoms with Gasteiger partial charge in [-0.15, -0.1) is 0 Å². The molecular formula is C13H25NO2. The highest BCUT2D eigenvalue weighted by molar-refractivity contribution is 5.76. The van der Waals surface area contributed by atoms with Crippen LogP contribution in [0.4, 0.5) is 0 Å². The fourth-order valence-corrected chi connectivity index (χ4v) is 2.30. The molecule has 1 atom stereocenters. The van der Waals surface area contributed by atoms with Crippen molar-refractivity contribution < 1.29 is 11.3 Å². The summed E-state index contributed by atoms with van der Waals surface area (Å²) in [6, 6.07) is 0.0748. The van der Waals surface area contributed by atoms with Crippen LogP contribution >= 0.6 is 0 Å². The first-order valence-corrected chi connectivity index (χ1v) is 6.49. The molecule has 1 saturated heterocycles. The third kappa shape index (κ3) is 4.12. The number of carbonyl (C=O) groups excluding carboxylic acids is 1. The predicted molar refractivity (Wildman–Crippen MR) is 65.2 cm³/mol. The van der Waals surface area contributed by atoms with Crippen molar-refractivity contribution in [1.29, 1.82) is 0 Å². The molecule has 1 aliphatic rings. The number of aliphatic hydroxyl groups excluding tert-OH is 1. The molecule has 0 saturated carbocycles. The molecule has 1 fully saturated rings. The number of unbranched alkanes of at least 4 members (excludes halogenated alkanes) is 4. The molecule has 1 aliphatic heterocycles. The maximum absolute atomic E-state index is 11.9. The van der Waals surface area contributed by atoms with Gasteiger partial charge in [0.25, 0.3) is 0 Å². The van der Waals surface area contributed by atoms with Gasteiger partial charge in [0.15, 0.2) is 0 Å². The molecule has 16 heavy (non-hydrogen) atoms. The average molecular weight is 228 g/mol. The molecule has 0 spiro atoms. The van der Waals surface area contributed by atoms with Crippen molar-refractivity contribution in [1.82, 2.24) is 4.90 Å². The minimum absolute atomic E-state index is 0.0748. The quantitative estimate of drug-likeness (QED) is 0.679. The molecule has 0 aromatic rings. The van der Waals surface area contributed by atoms with Crippen molar-refractivity contribution in [3.8, 4) is 0 Å². The van der Waals surface area contributed by atoms with E-state index in [0.717, 1.165) is 51.5 Å². The summed E-state index contributed by atoms with van der Waals surface area (Å²) in [6.45, 7) is 1.45. The number of aliphatic hydroxyl groups is 1. The molecule has 94 valence electrons. The molecule has 1 rings (SSSR count). The third-order valence-electron chi connectivity index (χ3n) is 3.30. The molecule has 0 aliphatic carbocycles. The molecule has 0 aromatic carbocycles. The van der Waals surface area contributed by atoms with E-state index in [2.05, 4.69) is 0 Å². The summed E-state index contributed by atoms with van der Waals surface area (Å²) < 4.78 is 7.02. The smallest absolute Gasteiger partial charge is 0.222 e. The lowest BCUT2D eigenvalue weighted by molar-refractivity contribution is -0.132. The van der Waals surface area contributed by atoms with Gasteiger partial charge in [0.2, 0.25) is 5.91 Å². The lowest BCUT2D eigenvalue weighted by Gasteiger charge is -2.22. The Balaban J connectivity index is 2.08. The van der Waals surface area contributed by atoms with Crippen molar-refractivity contribution in [2.75, 3.05) is 13.2 Å². The number of hydrogen-bond donors (Lipinski definition) is 1. The maximum atomic E-state index is 11.9. The Kier molecular flexibility index (Phi) is 5.70. The Labute approximate surface area is 100 Å². The monoisotopic (exact) mass is 228 g/mol. The summed E-state index contributed by atoms with van der Waals surface area (Å²) >= 11 is 0. The third-order valence-corrected chi connectivity index (χ3v) is 3.30. The van der Waals surface area contributed by atoms with Gasteiger partial charge in [0, 0.05) is 14.3 Å². The van der Waals surface area contributed by atoms with Crippen molar-refractivity contribution in [3.63, 3.8) is 0 Å². The first kappa shape index (κ1) is 11.9. The van der Waals surface area contributed by atoms with Crippen molar-refractivity contribution in [2.45, 2.75) is 64.3 Å². The van der Waals surface area contributed by atoms with E-state index in [1.807, 2.05) is 4.90 Å². The Hall–Kier alpha value is -0.570.